The minimum Gasteiger partial charge on any atom is -0.374 e. The van der Waals surface area contributed by atoms with Crippen molar-refractivity contribution >= 4 is 25.6 Å². The molecule has 11 heteroatoms. The van der Waals surface area contributed by atoms with Gasteiger partial charge in [0.25, 0.3) is 21.4 Å². The molecular formula is C9H12ClF2N3O4S. The summed E-state index contributed by atoms with van der Waals surface area (Å²) in [4.78, 5) is 11.3. The number of halogens is 3. The fourth-order valence-electron chi connectivity index (χ4n) is 1.36. The smallest absolute Gasteiger partial charge is 0.273 e. The number of hydrogen-bond donors (Lipinski definition) is 2. The monoisotopic (exact) mass is 331 g/mol. The zero-order chi connectivity index (χ0) is 15.3. The summed E-state index contributed by atoms with van der Waals surface area (Å²) in [5.74, 6) is -0.797. The molecule has 0 atom stereocenters. The molecule has 0 aliphatic carbocycles. The Kier molecular flexibility index (Phi) is 5.84. The predicted molar refractivity (Wildman–Crippen MR) is 65.5 cm³/mol. The van der Waals surface area contributed by atoms with Gasteiger partial charge in [0.05, 0.1) is 12.3 Å². The van der Waals surface area contributed by atoms with E-state index in [9.17, 15) is 22.0 Å². The van der Waals surface area contributed by atoms with Crippen molar-refractivity contribution in [1.82, 2.24) is 15.5 Å². The van der Waals surface area contributed by atoms with E-state index in [1.54, 1.807) is 0 Å². The van der Waals surface area contributed by atoms with Crippen LogP contribution in [-0.2, 0) is 13.8 Å². The summed E-state index contributed by atoms with van der Waals surface area (Å²) in [6.07, 6.45) is -2.59. The lowest BCUT2D eigenvalue weighted by molar-refractivity contribution is 0.0188. The number of H-pyrrole nitrogens is 1. The van der Waals surface area contributed by atoms with Gasteiger partial charge in [0.2, 0.25) is 0 Å². The lowest BCUT2D eigenvalue weighted by atomic mass is 10.3. The van der Waals surface area contributed by atoms with E-state index in [4.69, 9.17) is 10.7 Å². The number of alkyl halides is 2. The van der Waals surface area contributed by atoms with E-state index in [1.165, 1.54) is 6.92 Å². The van der Waals surface area contributed by atoms with Gasteiger partial charge < -0.3 is 10.1 Å². The minimum atomic E-state index is -4.13. The Morgan fingerprint density at radius 3 is 2.75 bits per heavy atom. The summed E-state index contributed by atoms with van der Waals surface area (Å²) >= 11 is 0. The van der Waals surface area contributed by atoms with E-state index in [2.05, 4.69) is 20.3 Å². The van der Waals surface area contributed by atoms with E-state index in [-0.39, 0.29) is 24.5 Å². The zero-order valence-corrected chi connectivity index (χ0v) is 11.9. The van der Waals surface area contributed by atoms with Crippen molar-refractivity contribution in [3.63, 3.8) is 0 Å². The Balaban J connectivity index is 2.61. The summed E-state index contributed by atoms with van der Waals surface area (Å²) in [6, 6.07) is 0. The maximum absolute atomic E-state index is 11.8. The fourth-order valence-corrected chi connectivity index (χ4v) is 2.71. The van der Waals surface area contributed by atoms with Gasteiger partial charge in [0, 0.05) is 17.2 Å². The molecule has 0 aliphatic heterocycles. The number of carbonyl (C=O) groups excluding carboxylic acids is 1. The first kappa shape index (κ1) is 16.8. The van der Waals surface area contributed by atoms with Gasteiger partial charge in [-0.2, -0.15) is 5.10 Å². The van der Waals surface area contributed by atoms with Crippen LogP contribution in [0.1, 0.15) is 16.2 Å². The molecular weight excluding hydrogens is 320 g/mol. The van der Waals surface area contributed by atoms with Crippen molar-refractivity contribution in [1.29, 1.82) is 0 Å². The second-order valence-electron chi connectivity index (χ2n) is 3.69. The first-order valence-electron chi connectivity index (χ1n) is 5.37. The SMILES string of the molecule is Cc1[nH]nc(C(=O)NCCOCC(F)F)c1S(=O)(=O)Cl. The fraction of sp³-hybridized carbons (Fsp3) is 0.556. The highest BCUT2D eigenvalue weighted by atomic mass is 35.7. The number of hydrogen-bond acceptors (Lipinski definition) is 5. The van der Waals surface area contributed by atoms with Crippen molar-refractivity contribution in [2.75, 3.05) is 19.8 Å². The molecule has 0 aromatic carbocycles. The molecule has 0 bridgehead atoms. The average molecular weight is 332 g/mol. The molecule has 0 aliphatic rings. The average Bonchev–Trinajstić information content (AvgIpc) is 2.69. The van der Waals surface area contributed by atoms with Crippen LogP contribution in [0.2, 0.25) is 0 Å². The molecule has 1 heterocycles. The standard InChI is InChI=1S/C9H12ClF2N3O4S/c1-5-8(20(10,17)18)7(15-14-5)9(16)13-2-3-19-4-6(11)12/h6H,2-4H2,1H3,(H,13,16)(H,14,15). The van der Waals surface area contributed by atoms with Gasteiger partial charge in [-0.3, -0.25) is 9.89 Å². The third kappa shape index (κ3) is 4.69. The highest BCUT2D eigenvalue weighted by molar-refractivity contribution is 8.13. The normalized spacial score (nSPS) is 11.8. The van der Waals surface area contributed by atoms with Crippen LogP contribution < -0.4 is 5.32 Å². The largest absolute Gasteiger partial charge is 0.374 e. The van der Waals surface area contributed by atoms with Gasteiger partial charge in [-0.25, -0.2) is 17.2 Å². The second-order valence-corrected chi connectivity index (χ2v) is 6.19. The molecule has 1 rings (SSSR count). The molecule has 0 spiro atoms. The van der Waals surface area contributed by atoms with Crippen molar-refractivity contribution in [3.8, 4) is 0 Å². The summed E-state index contributed by atoms with van der Waals surface area (Å²) in [5.41, 5.74) is -0.259. The molecule has 20 heavy (non-hydrogen) atoms. The van der Waals surface area contributed by atoms with Gasteiger partial charge in [-0.1, -0.05) is 0 Å². The lowest BCUT2D eigenvalue weighted by Gasteiger charge is -2.05. The number of aromatic nitrogens is 2. The molecule has 1 aromatic rings. The van der Waals surface area contributed by atoms with E-state index < -0.39 is 32.9 Å². The van der Waals surface area contributed by atoms with E-state index in [0.29, 0.717) is 0 Å². The number of aromatic amines is 1. The van der Waals surface area contributed by atoms with Crippen LogP contribution in [0, 0.1) is 6.92 Å². The van der Waals surface area contributed by atoms with Crippen LogP contribution in [0.15, 0.2) is 4.90 Å². The first-order valence-corrected chi connectivity index (χ1v) is 7.68. The van der Waals surface area contributed by atoms with Crippen LogP contribution >= 0.6 is 10.7 Å². The summed E-state index contributed by atoms with van der Waals surface area (Å²) < 4.78 is 50.7. The van der Waals surface area contributed by atoms with Gasteiger partial charge in [-0.15, -0.1) is 0 Å². The summed E-state index contributed by atoms with van der Waals surface area (Å²) in [6.45, 7) is 0.450. The highest BCUT2D eigenvalue weighted by Crippen LogP contribution is 2.21. The van der Waals surface area contributed by atoms with E-state index in [1.807, 2.05) is 0 Å². The Labute approximate surface area is 118 Å². The van der Waals surface area contributed by atoms with Crippen LogP contribution in [0.25, 0.3) is 0 Å². The van der Waals surface area contributed by atoms with Gasteiger partial charge in [0.15, 0.2) is 5.69 Å². The van der Waals surface area contributed by atoms with Crippen molar-refractivity contribution in [2.24, 2.45) is 0 Å². The van der Waals surface area contributed by atoms with Crippen molar-refractivity contribution in [2.45, 2.75) is 18.2 Å². The maximum Gasteiger partial charge on any atom is 0.273 e. The molecule has 0 fully saturated rings. The van der Waals surface area contributed by atoms with Gasteiger partial charge >= 0.3 is 0 Å². The molecule has 1 aromatic heterocycles. The quantitative estimate of drug-likeness (QED) is 0.564. The van der Waals surface area contributed by atoms with Crippen molar-refractivity contribution < 1.29 is 26.7 Å². The molecule has 7 nitrogen and oxygen atoms in total. The third-order valence-electron chi connectivity index (χ3n) is 2.13. The first-order chi connectivity index (χ1) is 9.23. The van der Waals surface area contributed by atoms with Crippen LogP contribution in [0.5, 0.6) is 0 Å². The van der Waals surface area contributed by atoms with Crippen LogP contribution in [0.3, 0.4) is 0 Å². The number of amides is 1. The maximum atomic E-state index is 11.8. The van der Waals surface area contributed by atoms with Gasteiger partial charge in [0.1, 0.15) is 11.5 Å². The predicted octanol–water partition coefficient (Wildman–Crippen LogP) is 0.657. The van der Waals surface area contributed by atoms with E-state index in [0.717, 1.165) is 0 Å². The number of nitrogens with zero attached hydrogens (tertiary/aromatic N) is 1. The number of nitrogens with one attached hydrogen (secondary N) is 2. The number of aryl methyl sites for hydroxylation is 1. The summed E-state index contributed by atoms with van der Waals surface area (Å²) in [7, 11) is 1.07. The number of rotatable bonds is 7. The van der Waals surface area contributed by atoms with Crippen LogP contribution in [-0.4, -0.2) is 50.7 Å². The third-order valence-corrected chi connectivity index (χ3v) is 3.58. The molecule has 2 N–H and O–H groups in total. The topological polar surface area (TPSA) is 101 Å². The van der Waals surface area contributed by atoms with Crippen molar-refractivity contribution in [3.05, 3.63) is 11.4 Å². The minimum absolute atomic E-state index is 0.0702. The summed E-state index contributed by atoms with van der Waals surface area (Å²) in [5, 5.41) is 8.17. The molecule has 0 unspecified atom stereocenters. The van der Waals surface area contributed by atoms with Gasteiger partial charge in [-0.05, 0) is 6.92 Å². The molecule has 114 valence electrons. The van der Waals surface area contributed by atoms with Crippen LogP contribution in [0.4, 0.5) is 8.78 Å². The molecule has 0 radical (unpaired) electrons. The Hall–Kier alpha value is -1.26. The zero-order valence-electron chi connectivity index (χ0n) is 10.3. The van der Waals surface area contributed by atoms with E-state index >= 15 is 0 Å². The molecule has 0 saturated heterocycles. The highest BCUT2D eigenvalue weighted by Gasteiger charge is 2.26. The molecule has 1 amide bonds. The molecule has 0 saturated carbocycles. The number of carbonyl (C=O) groups is 1. The lowest BCUT2D eigenvalue weighted by Crippen LogP contribution is -2.29. The Morgan fingerprint density at radius 2 is 2.20 bits per heavy atom. The Morgan fingerprint density at radius 1 is 1.55 bits per heavy atom. The number of ether oxygens (including phenoxy) is 1. The Bertz CT molecular complexity index is 576. The second kappa shape index (κ2) is 6.95.